The molecule has 0 radical (unpaired) electrons. The van der Waals surface area contributed by atoms with Crippen LogP contribution in [0.4, 0.5) is 0 Å². The minimum absolute atomic E-state index is 0.0408. The Labute approximate surface area is 111 Å². The van der Waals surface area contributed by atoms with E-state index in [0.717, 1.165) is 12.4 Å². The lowest BCUT2D eigenvalue weighted by molar-refractivity contribution is -0.121. The van der Waals surface area contributed by atoms with Gasteiger partial charge >= 0.3 is 0 Å². The molecule has 0 saturated heterocycles. The average molecular weight is 256 g/mol. The van der Waals surface area contributed by atoms with Crippen molar-refractivity contribution in [2.24, 2.45) is 4.99 Å². The summed E-state index contributed by atoms with van der Waals surface area (Å²) in [7, 11) is 1.72. The quantitative estimate of drug-likeness (QED) is 0.512. The highest BCUT2D eigenvalue weighted by atomic mass is 16.1. The van der Waals surface area contributed by atoms with E-state index < -0.39 is 0 Å². The predicted octanol–water partition coefficient (Wildman–Crippen LogP) is 1.25. The molecular weight excluding hydrogens is 228 g/mol. The second-order valence-corrected chi connectivity index (χ2v) is 5.50. The third-order valence-corrected chi connectivity index (χ3v) is 2.38. The molecule has 0 spiro atoms. The van der Waals surface area contributed by atoms with Crippen molar-refractivity contribution in [1.82, 2.24) is 16.0 Å². The first-order valence-electron chi connectivity index (χ1n) is 6.56. The zero-order chi connectivity index (χ0) is 14.2. The van der Waals surface area contributed by atoms with Gasteiger partial charge in [-0.3, -0.25) is 9.79 Å². The summed E-state index contributed by atoms with van der Waals surface area (Å²) in [5.41, 5.74) is -0.0408. The van der Waals surface area contributed by atoms with Gasteiger partial charge in [0.2, 0.25) is 5.91 Å². The van der Waals surface area contributed by atoms with Gasteiger partial charge in [-0.2, -0.15) is 0 Å². The second-order valence-electron chi connectivity index (χ2n) is 5.50. The fourth-order valence-electron chi connectivity index (χ4n) is 1.28. The maximum Gasteiger partial charge on any atom is 0.221 e. The van der Waals surface area contributed by atoms with Gasteiger partial charge in [0.05, 0.1) is 0 Å². The second kappa shape index (κ2) is 7.95. The van der Waals surface area contributed by atoms with E-state index in [4.69, 9.17) is 0 Å². The van der Waals surface area contributed by atoms with Gasteiger partial charge < -0.3 is 16.0 Å². The van der Waals surface area contributed by atoms with Crippen molar-refractivity contribution in [3.05, 3.63) is 0 Å². The highest BCUT2D eigenvalue weighted by Gasteiger charge is 2.12. The zero-order valence-electron chi connectivity index (χ0n) is 12.6. The summed E-state index contributed by atoms with van der Waals surface area (Å²) < 4.78 is 0. The van der Waals surface area contributed by atoms with Crippen LogP contribution in [-0.2, 0) is 4.79 Å². The molecule has 0 fully saturated rings. The number of aliphatic imine (C=N–C) groups is 1. The van der Waals surface area contributed by atoms with Crippen LogP contribution in [0.1, 0.15) is 47.5 Å². The number of guanidine groups is 1. The van der Waals surface area contributed by atoms with Crippen LogP contribution in [0.5, 0.6) is 0 Å². The number of rotatable bonds is 5. The van der Waals surface area contributed by atoms with Crippen molar-refractivity contribution in [3.63, 3.8) is 0 Å². The molecule has 3 N–H and O–H groups in total. The van der Waals surface area contributed by atoms with E-state index in [1.807, 2.05) is 6.92 Å². The van der Waals surface area contributed by atoms with E-state index in [2.05, 4.69) is 48.6 Å². The maximum absolute atomic E-state index is 11.6. The summed E-state index contributed by atoms with van der Waals surface area (Å²) in [5, 5.41) is 9.30. The van der Waals surface area contributed by atoms with Crippen molar-refractivity contribution in [2.45, 2.75) is 59.0 Å². The van der Waals surface area contributed by atoms with Crippen LogP contribution in [0.25, 0.3) is 0 Å². The Morgan fingerprint density at radius 2 is 1.94 bits per heavy atom. The first kappa shape index (κ1) is 16.7. The van der Waals surface area contributed by atoms with Crippen molar-refractivity contribution >= 4 is 11.9 Å². The van der Waals surface area contributed by atoms with Gasteiger partial charge in [-0.15, -0.1) is 0 Å². The Hall–Kier alpha value is -1.26. The predicted molar refractivity (Wildman–Crippen MR) is 76.8 cm³/mol. The fraction of sp³-hybridized carbons (Fsp3) is 0.846. The van der Waals surface area contributed by atoms with Gasteiger partial charge in [-0.25, -0.2) is 0 Å². The smallest absolute Gasteiger partial charge is 0.221 e. The average Bonchev–Trinajstić information content (AvgIpc) is 2.25. The van der Waals surface area contributed by atoms with Crippen LogP contribution >= 0.6 is 0 Å². The molecule has 5 nitrogen and oxygen atoms in total. The Kier molecular flexibility index (Phi) is 7.39. The molecular formula is C13H28N4O. The van der Waals surface area contributed by atoms with Crippen molar-refractivity contribution in [2.75, 3.05) is 13.6 Å². The van der Waals surface area contributed by atoms with Gasteiger partial charge in [-0.05, 0) is 34.1 Å². The van der Waals surface area contributed by atoms with E-state index >= 15 is 0 Å². The van der Waals surface area contributed by atoms with Gasteiger partial charge in [0.1, 0.15) is 0 Å². The molecule has 18 heavy (non-hydrogen) atoms. The minimum Gasteiger partial charge on any atom is -0.356 e. The first-order valence-corrected chi connectivity index (χ1v) is 6.56. The molecule has 0 aromatic heterocycles. The molecule has 0 aliphatic carbocycles. The number of hydrogen-bond donors (Lipinski definition) is 3. The number of carbonyl (C=O) groups is 1. The number of nitrogens with zero attached hydrogens (tertiary/aromatic N) is 1. The van der Waals surface area contributed by atoms with Crippen LogP contribution in [0.15, 0.2) is 4.99 Å². The molecule has 0 heterocycles. The van der Waals surface area contributed by atoms with Gasteiger partial charge in [0.15, 0.2) is 5.96 Å². The van der Waals surface area contributed by atoms with Gasteiger partial charge in [-0.1, -0.05) is 6.92 Å². The lowest BCUT2D eigenvalue weighted by atomic mass is 10.1. The lowest BCUT2D eigenvalue weighted by Gasteiger charge is -2.23. The van der Waals surface area contributed by atoms with Crippen LogP contribution in [0.3, 0.4) is 0 Å². The molecule has 0 aromatic rings. The normalized spacial score (nSPS) is 14.0. The van der Waals surface area contributed by atoms with Crippen LogP contribution in [0, 0.1) is 0 Å². The van der Waals surface area contributed by atoms with Gasteiger partial charge in [0, 0.05) is 31.6 Å². The molecule has 5 heteroatoms. The van der Waals surface area contributed by atoms with E-state index in [-0.39, 0.29) is 17.5 Å². The van der Waals surface area contributed by atoms with E-state index in [1.54, 1.807) is 7.05 Å². The van der Waals surface area contributed by atoms with E-state index in [1.165, 1.54) is 0 Å². The summed E-state index contributed by atoms with van der Waals surface area (Å²) in [6.45, 7) is 10.8. The van der Waals surface area contributed by atoms with Crippen LogP contribution < -0.4 is 16.0 Å². The summed E-state index contributed by atoms with van der Waals surface area (Å²) >= 11 is 0. The lowest BCUT2D eigenvalue weighted by Crippen LogP contribution is -2.48. The zero-order valence-corrected chi connectivity index (χ0v) is 12.6. The third-order valence-electron chi connectivity index (χ3n) is 2.38. The highest BCUT2D eigenvalue weighted by molar-refractivity contribution is 5.81. The van der Waals surface area contributed by atoms with Crippen LogP contribution in [0.2, 0.25) is 0 Å². The molecule has 0 aliphatic heterocycles. The largest absolute Gasteiger partial charge is 0.356 e. The van der Waals surface area contributed by atoms with Crippen molar-refractivity contribution in [1.29, 1.82) is 0 Å². The number of amides is 1. The first-order chi connectivity index (χ1) is 8.28. The molecule has 0 bridgehead atoms. The summed E-state index contributed by atoms with van der Waals surface area (Å²) in [4.78, 5) is 15.7. The molecule has 1 unspecified atom stereocenters. The molecule has 1 amide bonds. The number of hydrogen-bond acceptors (Lipinski definition) is 2. The van der Waals surface area contributed by atoms with Crippen molar-refractivity contribution < 1.29 is 4.79 Å². The standard InChI is InChI=1S/C13H28N4O/c1-7-10(2)16-11(18)8-9-15-12(14-6)17-13(3,4)5/h10H,7-9H2,1-6H3,(H,16,18)(H2,14,15,17). The van der Waals surface area contributed by atoms with E-state index in [0.29, 0.717) is 13.0 Å². The Bertz CT molecular complexity index is 281. The third kappa shape index (κ3) is 8.84. The molecule has 0 saturated carbocycles. The van der Waals surface area contributed by atoms with Crippen molar-refractivity contribution in [3.8, 4) is 0 Å². The number of nitrogens with one attached hydrogen (secondary N) is 3. The molecule has 0 aliphatic rings. The summed E-state index contributed by atoms with van der Waals surface area (Å²) in [6.07, 6.45) is 1.40. The van der Waals surface area contributed by atoms with Crippen LogP contribution in [-0.4, -0.2) is 37.0 Å². The molecule has 1 atom stereocenters. The SMILES string of the molecule is CCC(C)NC(=O)CCNC(=NC)NC(C)(C)C. The number of carbonyl (C=O) groups excluding carboxylic acids is 1. The monoisotopic (exact) mass is 256 g/mol. The summed E-state index contributed by atoms with van der Waals surface area (Å²) in [5.74, 6) is 0.793. The van der Waals surface area contributed by atoms with E-state index in [9.17, 15) is 4.79 Å². The Morgan fingerprint density at radius 3 is 2.39 bits per heavy atom. The summed E-state index contributed by atoms with van der Waals surface area (Å²) in [6, 6.07) is 0.240. The minimum atomic E-state index is -0.0408. The highest BCUT2D eigenvalue weighted by Crippen LogP contribution is 1.97. The molecule has 0 aromatic carbocycles. The Morgan fingerprint density at radius 1 is 1.33 bits per heavy atom. The fourth-order valence-corrected chi connectivity index (χ4v) is 1.28. The van der Waals surface area contributed by atoms with Gasteiger partial charge in [0.25, 0.3) is 0 Å². The maximum atomic E-state index is 11.6. The topological polar surface area (TPSA) is 65.5 Å². The Balaban J connectivity index is 3.92. The molecule has 106 valence electrons. The molecule has 0 rings (SSSR count).